The molecule has 2 aromatic rings. The third-order valence-corrected chi connectivity index (χ3v) is 3.60. The Morgan fingerprint density at radius 2 is 2.30 bits per heavy atom. The van der Waals surface area contributed by atoms with Crippen LogP contribution in [-0.4, -0.2) is 27.3 Å². The van der Waals surface area contributed by atoms with Crippen LogP contribution in [0.25, 0.3) is 0 Å². The lowest BCUT2D eigenvalue weighted by molar-refractivity contribution is 0.618. The van der Waals surface area contributed by atoms with Crippen molar-refractivity contribution in [1.82, 2.24) is 20.1 Å². The summed E-state index contributed by atoms with van der Waals surface area (Å²) in [5, 5.41) is 16.8. The van der Waals surface area contributed by atoms with Crippen LogP contribution in [0.15, 0.2) is 29.5 Å². The highest BCUT2D eigenvalue weighted by Crippen LogP contribution is 2.25. The molecule has 0 aliphatic heterocycles. The third kappa shape index (κ3) is 4.84. The summed E-state index contributed by atoms with van der Waals surface area (Å²) in [6.45, 7) is 2.81. The highest BCUT2D eigenvalue weighted by Gasteiger charge is 2.10. The highest BCUT2D eigenvalue weighted by atomic mass is 35.5. The number of nitriles is 1. The van der Waals surface area contributed by atoms with Gasteiger partial charge in [0.25, 0.3) is 5.82 Å². The van der Waals surface area contributed by atoms with Crippen LogP contribution in [0.1, 0.15) is 24.4 Å². The number of guanidine groups is 1. The second kappa shape index (κ2) is 7.81. The van der Waals surface area contributed by atoms with Gasteiger partial charge in [-0.1, -0.05) is 29.3 Å². The minimum Gasteiger partial charge on any atom is -0.370 e. The number of aromatic nitrogens is 3. The second-order valence-electron chi connectivity index (χ2n) is 4.74. The molecule has 23 heavy (non-hydrogen) atoms. The number of nitrogens with zero attached hydrogens (tertiary/aromatic N) is 5. The number of rotatable bonds is 5. The quantitative estimate of drug-likeness (QED) is 0.633. The van der Waals surface area contributed by atoms with Gasteiger partial charge in [0, 0.05) is 10.0 Å². The number of nitrogens with two attached hydrogens (primary N) is 1. The van der Waals surface area contributed by atoms with Gasteiger partial charge >= 0.3 is 0 Å². The Kier molecular flexibility index (Phi) is 5.79. The van der Waals surface area contributed by atoms with E-state index in [9.17, 15) is 0 Å². The molecule has 1 atom stereocenters. The predicted molar refractivity (Wildman–Crippen MR) is 89.2 cm³/mol. The molecule has 0 fully saturated rings. The van der Waals surface area contributed by atoms with Gasteiger partial charge in [-0.15, -0.1) is 5.10 Å². The Hall–Kier alpha value is -2.30. The molecule has 0 saturated heterocycles. The summed E-state index contributed by atoms with van der Waals surface area (Å²) in [5.74, 6) is 0.426. The van der Waals surface area contributed by atoms with Crippen molar-refractivity contribution in [3.63, 3.8) is 0 Å². The average Bonchev–Trinajstić information content (AvgIpc) is 2.95. The molecule has 0 aliphatic rings. The van der Waals surface area contributed by atoms with Crippen molar-refractivity contribution in [2.45, 2.75) is 19.5 Å². The molecule has 1 aromatic carbocycles. The van der Waals surface area contributed by atoms with E-state index < -0.39 is 0 Å². The van der Waals surface area contributed by atoms with Crippen LogP contribution < -0.4 is 11.1 Å². The van der Waals surface area contributed by atoms with E-state index in [1.807, 2.05) is 19.1 Å². The molecule has 1 unspecified atom stereocenters. The molecule has 0 saturated carbocycles. The Bertz CT molecular complexity index is 748. The van der Waals surface area contributed by atoms with Crippen molar-refractivity contribution >= 4 is 29.2 Å². The molecule has 0 amide bonds. The fourth-order valence-electron chi connectivity index (χ4n) is 1.92. The molecular weight excluding hydrogens is 337 g/mol. The van der Waals surface area contributed by atoms with E-state index >= 15 is 0 Å². The standard InChI is InChI=1S/C14H15Cl2N7/c1-9(11-3-2-10(15)6-12(11)16)21-14(18)19-4-5-23-8-20-13(7-17)22-23/h2-3,6,8-9H,4-5H2,1H3,(H3,18,19,21). The number of halogens is 2. The number of hydrogen-bond donors (Lipinski definition) is 2. The van der Waals surface area contributed by atoms with Crippen molar-refractivity contribution in [3.8, 4) is 6.07 Å². The van der Waals surface area contributed by atoms with Gasteiger partial charge in [-0.3, -0.25) is 4.99 Å². The SMILES string of the molecule is CC(NC(N)=NCCn1cnc(C#N)n1)c1ccc(Cl)cc1Cl. The highest BCUT2D eigenvalue weighted by molar-refractivity contribution is 6.35. The molecule has 120 valence electrons. The Morgan fingerprint density at radius 3 is 2.96 bits per heavy atom. The average molecular weight is 352 g/mol. The molecule has 0 aliphatic carbocycles. The van der Waals surface area contributed by atoms with E-state index in [-0.39, 0.29) is 11.9 Å². The third-order valence-electron chi connectivity index (χ3n) is 3.04. The van der Waals surface area contributed by atoms with E-state index in [0.717, 1.165) is 5.56 Å². The largest absolute Gasteiger partial charge is 0.370 e. The van der Waals surface area contributed by atoms with Crippen LogP contribution >= 0.6 is 23.2 Å². The van der Waals surface area contributed by atoms with Gasteiger partial charge < -0.3 is 11.1 Å². The molecule has 2 rings (SSSR count). The summed E-state index contributed by atoms with van der Waals surface area (Å²) < 4.78 is 1.54. The molecule has 7 nitrogen and oxygen atoms in total. The summed E-state index contributed by atoms with van der Waals surface area (Å²) in [5.41, 5.74) is 6.74. The zero-order valence-corrected chi connectivity index (χ0v) is 13.9. The first kappa shape index (κ1) is 17.1. The van der Waals surface area contributed by atoms with Crippen molar-refractivity contribution < 1.29 is 0 Å². The number of benzene rings is 1. The summed E-state index contributed by atoms with van der Waals surface area (Å²) in [4.78, 5) is 8.02. The van der Waals surface area contributed by atoms with Gasteiger partial charge in [0.15, 0.2) is 5.96 Å². The van der Waals surface area contributed by atoms with E-state index in [2.05, 4.69) is 20.4 Å². The van der Waals surface area contributed by atoms with Crippen LogP contribution in [-0.2, 0) is 6.54 Å². The summed E-state index contributed by atoms with van der Waals surface area (Å²) in [6.07, 6.45) is 1.48. The van der Waals surface area contributed by atoms with Gasteiger partial charge in [-0.25, -0.2) is 9.67 Å². The van der Waals surface area contributed by atoms with Gasteiger partial charge in [0.2, 0.25) is 0 Å². The second-order valence-corrected chi connectivity index (χ2v) is 5.59. The lowest BCUT2D eigenvalue weighted by atomic mass is 10.1. The first-order chi connectivity index (χ1) is 11.0. The number of aliphatic imine (C=N–C) groups is 1. The van der Waals surface area contributed by atoms with Gasteiger partial charge in [-0.05, 0) is 24.6 Å². The van der Waals surface area contributed by atoms with Crippen LogP contribution in [0.4, 0.5) is 0 Å². The lowest BCUT2D eigenvalue weighted by Gasteiger charge is -2.16. The number of hydrogen-bond acceptors (Lipinski definition) is 4. The topological polar surface area (TPSA) is 105 Å². The fourth-order valence-corrected chi connectivity index (χ4v) is 2.50. The van der Waals surface area contributed by atoms with Crippen molar-refractivity contribution in [2.75, 3.05) is 6.54 Å². The maximum Gasteiger partial charge on any atom is 0.252 e. The van der Waals surface area contributed by atoms with Gasteiger partial charge in [0.1, 0.15) is 12.4 Å². The minimum atomic E-state index is -0.111. The molecular formula is C14H15Cl2N7. The number of nitrogens with one attached hydrogen (secondary N) is 1. The predicted octanol–water partition coefficient (Wildman–Crippen LogP) is 2.12. The van der Waals surface area contributed by atoms with Crippen LogP contribution in [0.2, 0.25) is 10.0 Å². The van der Waals surface area contributed by atoms with Crippen molar-refractivity contribution in [2.24, 2.45) is 10.7 Å². The fraction of sp³-hybridized carbons (Fsp3) is 0.286. The van der Waals surface area contributed by atoms with Crippen molar-refractivity contribution in [3.05, 3.63) is 46.0 Å². The zero-order valence-electron chi connectivity index (χ0n) is 12.4. The monoisotopic (exact) mass is 351 g/mol. The van der Waals surface area contributed by atoms with Crippen LogP contribution in [0, 0.1) is 11.3 Å². The first-order valence-corrected chi connectivity index (χ1v) is 7.56. The smallest absolute Gasteiger partial charge is 0.252 e. The van der Waals surface area contributed by atoms with E-state index in [4.69, 9.17) is 34.2 Å². The normalized spacial score (nSPS) is 12.7. The van der Waals surface area contributed by atoms with Gasteiger partial charge in [0.05, 0.1) is 19.1 Å². The molecule has 9 heteroatoms. The first-order valence-electron chi connectivity index (χ1n) is 6.80. The summed E-state index contributed by atoms with van der Waals surface area (Å²) in [6, 6.07) is 7.04. The van der Waals surface area contributed by atoms with E-state index in [1.165, 1.54) is 11.0 Å². The van der Waals surface area contributed by atoms with Crippen molar-refractivity contribution in [1.29, 1.82) is 5.26 Å². The van der Waals surface area contributed by atoms with Gasteiger partial charge in [-0.2, -0.15) is 5.26 Å². The molecule has 1 heterocycles. The zero-order chi connectivity index (χ0) is 16.8. The van der Waals surface area contributed by atoms with Crippen LogP contribution in [0.3, 0.4) is 0 Å². The molecule has 0 spiro atoms. The van der Waals surface area contributed by atoms with Crippen LogP contribution in [0.5, 0.6) is 0 Å². The Balaban J connectivity index is 1.90. The summed E-state index contributed by atoms with van der Waals surface area (Å²) in [7, 11) is 0. The molecule has 0 radical (unpaired) electrons. The Morgan fingerprint density at radius 1 is 1.52 bits per heavy atom. The lowest BCUT2D eigenvalue weighted by Crippen LogP contribution is -2.34. The summed E-state index contributed by atoms with van der Waals surface area (Å²) >= 11 is 12.0. The molecule has 0 bridgehead atoms. The maximum absolute atomic E-state index is 8.65. The maximum atomic E-state index is 8.65. The molecule has 1 aromatic heterocycles. The van der Waals surface area contributed by atoms with E-state index in [1.54, 1.807) is 12.1 Å². The minimum absolute atomic E-state index is 0.111. The molecule has 3 N–H and O–H groups in total. The Labute approximate surface area is 143 Å². The van der Waals surface area contributed by atoms with E-state index in [0.29, 0.717) is 29.1 Å².